The summed E-state index contributed by atoms with van der Waals surface area (Å²) in [6.45, 7) is 7.62. The van der Waals surface area contributed by atoms with E-state index in [0.29, 0.717) is 5.41 Å². The van der Waals surface area contributed by atoms with Gasteiger partial charge in [-0.2, -0.15) is 0 Å². The monoisotopic (exact) mass is 253 g/mol. The maximum atomic E-state index is 3.46. The van der Waals surface area contributed by atoms with Crippen molar-refractivity contribution in [2.24, 2.45) is 5.41 Å². The highest BCUT2D eigenvalue weighted by atomic mass is 15.2. The lowest BCUT2D eigenvalue weighted by molar-refractivity contribution is 0.107. The van der Waals surface area contributed by atoms with Gasteiger partial charge in [-0.05, 0) is 51.9 Å². The maximum Gasteiger partial charge on any atom is 0.0109 e. The SMILES string of the molecule is CNCC1(CN2CCCN(C)CC2)CCCCC1. The average Bonchev–Trinajstić information content (AvgIpc) is 2.56. The molecular weight excluding hydrogens is 222 g/mol. The van der Waals surface area contributed by atoms with Crippen LogP contribution in [0.25, 0.3) is 0 Å². The Morgan fingerprint density at radius 3 is 2.44 bits per heavy atom. The standard InChI is InChI=1S/C15H31N3/c1-16-13-15(7-4-3-5-8-15)14-18-10-6-9-17(2)11-12-18/h16H,3-14H2,1-2H3. The second kappa shape index (κ2) is 6.88. The van der Waals surface area contributed by atoms with Crippen molar-refractivity contribution in [2.45, 2.75) is 38.5 Å². The van der Waals surface area contributed by atoms with Gasteiger partial charge in [0.25, 0.3) is 0 Å². The van der Waals surface area contributed by atoms with E-state index < -0.39 is 0 Å². The molecule has 0 spiro atoms. The summed E-state index contributed by atoms with van der Waals surface area (Å²) in [4.78, 5) is 5.21. The van der Waals surface area contributed by atoms with Crippen molar-refractivity contribution >= 4 is 0 Å². The molecule has 0 atom stereocenters. The third-order valence-corrected chi connectivity index (χ3v) is 4.84. The number of likely N-dealkylation sites (N-methyl/N-ethyl adjacent to an activating group) is 1. The number of nitrogens with one attached hydrogen (secondary N) is 1. The van der Waals surface area contributed by atoms with Crippen molar-refractivity contribution < 1.29 is 0 Å². The Labute approximate surface area is 113 Å². The molecule has 3 nitrogen and oxygen atoms in total. The molecule has 0 unspecified atom stereocenters. The molecule has 1 aliphatic carbocycles. The van der Waals surface area contributed by atoms with Crippen LogP contribution in [0.3, 0.4) is 0 Å². The van der Waals surface area contributed by atoms with E-state index in [-0.39, 0.29) is 0 Å². The van der Waals surface area contributed by atoms with Crippen LogP contribution in [-0.2, 0) is 0 Å². The van der Waals surface area contributed by atoms with Gasteiger partial charge in [0.1, 0.15) is 0 Å². The van der Waals surface area contributed by atoms with Crippen LogP contribution < -0.4 is 5.32 Å². The lowest BCUT2D eigenvalue weighted by atomic mass is 9.73. The molecule has 0 radical (unpaired) electrons. The topological polar surface area (TPSA) is 18.5 Å². The molecule has 0 bridgehead atoms. The van der Waals surface area contributed by atoms with Crippen molar-refractivity contribution in [1.82, 2.24) is 15.1 Å². The van der Waals surface area contributed by atoms with Gasteiger partial charge in [0.15, 0.2) is 0 Å². The Kier molecular flexibility index (Phi) is 5.46. The molecule has 0 aromatic carbocycles. The minimum atomic E-state index is 0.565. The highest BCUT2D eigenvalue weighted by molar-refractivity contribution is 4.88. The molecule has 3 heteroatoms. The van der Waals surface area contributed by atoms with Gasteiger partial charge >= 0.3 is 0 Å². The summed E-state index contributed by atoms with van der Waals surface area (Å²) in [5, 5.41) is 3.46. The lowest BCUT2D eigenvalue weighted by Gasteiger charge is -2.41. The van der Waals surface area contributed by atoms with Crippen LogP contribution in [0.1, 0.15) is 38.5 Å². The van der Waals surface area contributed by atoms with Gasteiger partial charge in [-0.1, -0.05) is 19.3 Å². The molecule has 0 aromatic rings. The van der Waals surface area contributed by atoms with E-state index in [9.17, 15) is 0 Å². The predicted molar refractivity (Wildman–Crippen MR) is 78.0 cm³/mol. The first-order valence-electron chi connectivity index (χ1n) is 7.80. The van der Waals surface area contributed by atoms with Crippen LogP contribution in [0.5, 0.6) is 0 Å². The molecule has 1 heterocycles. The van der Waals surface area contributed by atoms with Crippen molar-refractivity contribution in [3.63, 3.8) is 0 Å². The van der Waals surface area contributed by atoms with Crippen LogP contribution in [0, 0.1) is 5.41 Å². The fourth-order valence-electron chi connectivity index (χ4n) is 3.80. The van der Waals surface area contributed by atoms with Gasteiger partial charge in [0.2, 0.25) is 0 Å². The number of nitrogens with zero attached hydrogens (tertiary/aromatic N) is 2. The molecule has 0 amide bonds. The molecular formula is C15H31N3. The number of hydrogen-bond donors (Lipinski definition) is 1. The Hall–Kier alpha value is -0.120. The molecule has 18 heavy (non-hydrogen) atoms. The second-order valence-corrected chi connectivity index (χ2v) is 6.52. The Morgan fingerprint density at radius 1 is 0.944 bits per heavy atom. The largest absolute Gasteiger partial charge is 0.319 e. The molecule has 2 aliphatic rings. The summed E-state index contributed by atoms with van der Waals surface area (Å²) in [5.74, 6) is 0. The minimum absolute atomic E-state index is 0.565. The number of hydrogen-bond acceptors (Lipinski definition) is 3. The normalized spacial score (nSPS) is 27.0. The first-order chi connectivity index (χ1) is 8.74. The van der Waals surface area contributed by atoms with E-state index in [1.54, 1.807) is 0 Å². The van der Waals surface area contributed by atoms with Crippen molar-refractivity contribution in [2.75, 3.05) is 53.4 Å². The molecule has 1 saturated heterocycles. The Bertz CT molecular complexity index is 230. The first kappa shape index (κ1) is 14.3. The number of rotatable bonds is 4. The van der Waals surface area contributed by atoms with Crippen LogP contribution in [-0.4, -0.2) is 63.2 Å². The lowest BCUT2D eigenvalue weighted by Crippen LogP contribution is -2.45. The van der Waals surface area contributed by atoms with Crippen LogP contribution in [0.15, 0.2) is 0 Å². The summed E-state index contributed by atoms with van der Waals surface area (Å²) < 4.78 is 0. The van der Waals surface area contributed by atoms with E-state index in [1.165, 1.54) is 77.8 Å². The molecule has 1 saturated carbocycles. The van der Waals surface area contributed by atoms with Gasteiger partial charge in [-0.3, -0.25) is 0 Å². The summed E-state index contributed by atoms with van der Waals surface area (Å²) in [7, 11) is 4.38. The van der Waals surface area contributed by atoms with Gasteiger partial charge in [0, 0.05) is 26.2 Å². The highest BCUT2D eigenvalue weighted by Gasteiger charge is 2.33. The van der Waals surface area contributed by atoms with Crippen molar-refractivity contribution in [1.29, 1.82) is 0 Å². The van der Waals surface area contributed by atoms with Crippen molar-refractivity contribution in [3.05, 3.63) is 0 Å². The van der Waals surface area contributed by atoms with E-state index in [1.807, 2.05) is 0 Å². The molecule has 1 aliphatic heterocycles. The summed E-state index contributed by atoms with van der Waals surface area (Å²) in [6.07, 6.45) is 8.53. The van der Waals surface area contributed by atoms with E-state index in [0.717, 1.165) is 0 Å². The van der Waals surface area contributed by atoms with E-state index >= 15 is 0 Å². The third kappa shape index (κ3) is 3.94. The molecule has 2 fully saturated rings. The quantitative estimate of drug-likeness (QED) is 0.824. The molecule has 106 valence electrons. The van der Waals surface area contributed by atoms with Gasteiger partial charge in [0.05, 0.1) is 0 Å². The maximum absolute atomic E-state index is 3.46. The van der Waals surface area contributed by atoms with E-state index in [4.69, 9.17) is 0 Å². The van der Waals surface area contributed by atoms with Crippen molar-refractivity contribution in [3.8, 4) is 0 Å². The van der Waals surface area contributed by atoms with Crippen LogP contribution in [0.2, 0.25) is 0 Å². The summed E-state index contributed by atoms with van der Waals surface area (Å²) >= 11 is 0. The fraction of sp³-hybridized carbons (Fsp3) is 1.00. The van der Waals surface area contributed by atoms with Crippen LogP contribution >= 0.6 is 0 Å². The zero-order valence-corrected chi connectivity index (χ0v) is 12.4. The minimum Gasteiger partial charge on any atom is -0.319 e. The molecule has 2 rings (SSSR count). The Balaban J connectivity index is 1.90. The van der Waals surface area contributed by atoms with Gasteiger partial charge < -0.3 is 15.1 Å². The zero-order valence-electron chi connectivity index (χ0n) is 12.4. The third-order valence-electron chi connectivity index (χ3n) is 4.84. The van der Waals surface area contributed by atoms with E-state index in [2.05, 4.69) is 29.2 Å². The summed E-state index contributed by atoms with van der Waals surface area (Å²) in [5.41, 5.74) is 0.565. The van der Waals surface area contributed by atoms with Gasteiger partial charge in [-0.25, -0.2) is 0 Å². The zero-order chi connectivity index (χ0) is 12.8. The second-order valence-electron chi connectivity index (χ2n) is 6.52. The predicted octanol–water partition coefficient (Wildman–Crippen LogP) is 1.79. The molecule has 1 N–H and O–H groups in total. The smallest absolute Gasteiger partial charge is 0.0109 e. The molecule has 0 aromatic heterocycles. The fourth-order valence-corrected chi connectivity index (χ4v) is 3.80. The average molecular weight is 253 g/mol. The first-order valence-corrected chi connectivity index (χ1v) is 7.80. The highest BCUT2D eigenvalue weighted by Crippen LogP contribution is 2.36. The van der Waals surface area contributed by atoms with Crippen LogP contribution in [0.4, 0.5) is 0 Å². The summed E-state index contributed by atoms with van der Waals surface area (Å²) in [6, 6.07) is 0. The Morgan fingerprint density at radius 2 is 1.72 bits per heavy atom. The van der Waals surface area contributed by atoms with Gasteiger partial charge in [-0.15, -0.1) is 0 Å².